The van der Waals surface area contributed by atoms with Crippen LogP contribution in [0.5, 0.6) is 5.75 Å². The summed E-state index contributed by atoms with van der Waals surface area (Å²) in [6.07, 6.45) is 1.39. The van der Waals surface area contributed by atoms with Crippen LogP contribution in [-0.2, 0) is 14.4 Å². The predicted molar refractivity (Wildman–Crippen MR) is 137 cm³/mol. The summed E-state index contributed by atoms with van der Waals surface area (Å²) in [4.78, 5) is 36.2. The first kappa shape index (κ1) is 25.5. The molecule has 0 bridgehead atoms. The third-order valence-corrected chi connectivity index (χ3v) is 5.64. The summed E-state index contributed by atoms with van der Waals surface area (Å²) in [5.41, 5.74) is 6.72. The third-order valence-electron chi connectivity index (χ3n) is 5.23. The number of halogens is 1. The van der Waals surface area contributed by atoms with Crippen molar-refractivity contribution in [1.29, 1.82) is 0 Å². The second-order valence-electron chi connectivity index (χ2n) is 7.72. The van der Waals surface area contributed by atoms with E-state index in [2.05, 4.69) is 21.2 Å². The molecule has 0 heterocycles. The molecule has 0 aromatic heterocycles. The third kappa shape index (κ3) is 7.15. The van der Waals surface area contributed by atoms with E-state index in [0.717, 1.165) is 16.7 Å². The van der Waals surface area contributed by atoms with Crippen LogP contribution in [0.2, 0.25) is 5.02 Å². The van der Waals surface area contributed by atoms with Crippen molar-refractivity contribution >= 4 is 46.9 Å². The van der Waals surface area contributed by atoms with Crippen LogP contribution in [0.25, 0.3) is 0 Å². The number of rotatable bonds is 7. The normalized spacial score (nSPS) is 10.6. The molecular formula is C26H25ClN4O4. The topological polar surface area (TPSA) is 109 Å². The molecule has 0 aliphatic carbocycles. The van der Waals surface area contributed by atoms with E-state index in [9.17, 15) is 14.4 Å². The number of ether oxygens (including phenoxy) is 1. The number of benzene rings is 3. The van der Waals surface area contributed by atoms with Gasteiger partial charge in [0.1, 0.15) is 5.75 Å². The standard InChI is InChI=1S/C26H25ClN4O4/c1-16-6-4-8-22(17(16)2)30-25(33)26(34)31-28-14-19-10-12-20(13-11-19)35-15-24(32)29-23-9-5-7-21(27)18(23)3/h4-14H,15H2,1-3H3,(H,29,32)(H,30,33)(H,31,34)/b28-14-. The van der Waals surface area contributed by atoms with Crippen molar-refractivity contribution in [3.63, 3.8) is 0 Å². The summed E-state index contributed by atoms with van der Waals surface area (Å²) >= 11 is 6.06. The Morgan fingerprint density at radius 2 is 1.51 bits per heavy atom. The summed E-state index contributed by atoms with van der Waals surface area (Å²) in [6.45, 7) is 5.42. The first-order valence-corrected chi connectivity index (χ1v) is 11.1. The molecule has 3 aromatic rings. The van der Waals surface area contributed by atoms with Gasteiger partial charge in [0.25, 0.3) is 5.91 Å². The highest BCUT2D eigenvalue weighted by Gasteiger charge is 2.14. The molecule has 3 N–H and O–H groups in total. The van der Waals surface area contributed by atoms with E-state index in [1.807, 2.05) is 26.8 Å². The minimum Gasteiger partial charge on any atom is -0.484 e. The maximum absolute atomic E-state index is 12.2. The largest absolute Gasteiger partial charge is 0.484 e. The van der Waals surface area contributed by atoms with Crippen LogP contribution < -0.4 is 20.8 Å². The van der Waals surface area contributed by atoms with Gasteiger partial charge >= 0.3 is 11.8 Å². The van der Waals surface area contributed by atoms with Gasteiger partial charge in [-0.15, -0.1) is 0 Å². The molecule has 3 amide bonds. The van der Waals surface area contributed by atoms with Gasteiger partial charge in [0.15, 0.2) is 6.61 Å². The zero-order chi connectivity index (χ0) is 25.4. The van der Waals surface area contributed by atoms with Crippen molar-refractivity contribution < 1.29 is 19.1 Å². The molecule has 0 spiro atoms. The van der Waals surface area contributed by atoms with E-state index in [1.54, 1.807) is 54.6 Å². The smallest absolute Gasteiger partial charge is 0.329 e. The number of hydrogen-bond acceptors (Lipinski definition) is 5. The SMILES string of the molecule is Cc1cccc(NC(=O)C(=O)N/N=C\c2ccc(OCC(=O)Nc3cccc(Cl)c3C)cc2)c1C. The first-order chi connectivity index (χ1) is 16.7. The molecule has 3 aromatic carbocycles. The Morgan fingerprint density at radius 1 is 0.857 bits per heavy atom. The van der Waals surface area contributed by atoms with Gasteiger partial charge in [0.2, 0.25) is 0 Å². The van der Waals surface area contributed by atoms with Gasteiger partial charge in [-0.05, 0) is 85.5 Å². The van der Waals surface area contributed by atoms with Gasteiger partial charge in [-0.3, -0.25) is 14.4 Å². The van der Waals surface area contributed by atoms with E-state index < -0.39 is 11.8 Å². The number of nitrogens with zero attached hydrogens (tertiary/aromatic N) is 1. The zero-order valence-corrected chi connectivity index (χ0v) is 20.3. The Hall–Kier alpha value is -4.17. The van der Waals surface area contributed by atoms with Crippen LogP contribution in [0.3, 0.4) is 0 Å². The number of anilines is 2. The highest BCUT2D eigenvalue weighted by atomic mass is 35.5. The minimum atomic E-state index is -0.886. The zero-order valence-electron chi connectivity index (χ0n) is 19.5. The minimum absolute atomic E-state index is 0.176. The molecule has 8 nitrogen and oxygen atoms in total. The molecule has 0 aliphatic rings. The van der Waals surface area contributed by atoms with Crippen LogP contribution >= 0.6 is 11.6 Å². The van der Waals surface area contributed by atoms with E-state index in [-0.39, 0.29) is 12.5 Å². The number of nitrogens with one attached hydrogen (secondary N) is 3. The number of carbonyl (C=O) groups is 3. The number of carbonyl (C=O) groups excluding carboxylic acids is 3. The van der Waals surface area contributed by atoms with Crippen LogP contribution in [0, 0.1) is 20.8 Å². The number of hydrogen-bond donors (Lipinski definition) is 3. The fourth-order valence-corrected chi connectivity index (χ4v) is 3.18. The Balaban J connectivity index is 1.46. The van der Waals surface area contributed by atoms with Crippen molar-refractivity contribution in [2.24, 2.45) is 5.10 Å². The second kappa shape index (κ2) is 11.8. The quantitative estimate of drug-likeness (QED) is 0.258. The van der Waals surface area contributed by atoms with E-state index in [1.165, 1.54) is 6.21 Å². The fraction of sp³-hybridized carbons (Fsp3) is 0.154. The molecule has 0 saturated heterocycles. The maximum Gasteiger partial charge on any atom is 0.329 e. The molecule has 0 fully saturated rings. The van der Waals surface area contributed by atoms with Crippen LogP contribution in [-0.4, -0.2) is 30.5 Å². The summed E-state index contributed by atoms with van der Waals surface area (Å²) in [6, 6.07) is 17.4. The molecule has 3 rings (SSSR count). The number of amides is 3. The van der Waals surface area contributed by atoms with Gasteiger partial charge in [-0.2, -0.15) is 5.10 Å². The van der Waals surface area contributed by atoms with E-state index >= 15 is 0 Å². The number of aryl methyl sites for hydroxylation is 1. The second-order valence-corrected chi connectivity index (χ2v) is 8.13. The average Bonchev–Trinajstić information content (AvgIpc) is 2.84. The van der Waals surface area contributed by atoms with Crippen molar-refractivity contribution in [3.8, 4) is 5.75 Å². The summed E-state index contributed by atoms with van der Waals surface area (Å²) < 4.78 is 5.50. The lowest BCUT2D eigenvalue weighted by atomic mass is 10.1. The van der Waals surface area contributed by atoms with Crippen LogP contribution in [0.1, 0.15) is 22.3 Å². The molecule has 0 unspecified atom stereocenters. The molecule has 9 heteroatoms. The Labute approximate surface area is 208 Å². The molecule has 35 heavy (non-hydrogen) atoms. The monoisotopic (exact) mass is 492 g/mol. The van der Waals surface area contributed by atoms with Gasteiger partial charge < -0.3 is 15.4 Å². The Bertz CT molecular complexity index is 1270. The molecule has 0 atom stereocenters. The first-order valence-electron chi connectivity index (χ1n) is 10.7. The number of hydrazone groups is 1. The van der Waals surface area contributed by atoms with Crippen molar-refractivity contribution in [1.82, 2.24) is 5.43 Å². The van der Waals surface area contributed by atoms with E-state index in [4.69, 9.17) is 16.3 Å². The lowest BCUT2D eigenvalue weighted by Crippen LogP contribution is -2.32. The van der Waals surface area contributed by atoms with Gasteiger partial charge in [-0.25, -0.2) is 5.43 Å². The highest BCUT2D eigenvalue weighted by molar-refractivity contribution is 6.39. The van der Waals surface area contributed by atoms with Gasteiger partial charge in [0, 0.05) is 16.4 Å². The molecule has 180 valence electrons. The van der Waals surface area contributed by atoms with Crippen LogP contribution in [0.4, 0.5) is 11.4 Å². The Morgan fingerprint density at radius 3 is 2.23 bits per heavy atom. The van der Waals surface area contributed by atoms with E-state index in [0.29, 0.717) is 27.7 Å². The van der Waals surface area contributed by atoms with Crippen molar-refractivity contribution in [3.05, 3.63) is 87.9 Å². The lowest BCUT2D eigenvalue weighted by molar-refractivity contribution is -0.136. The predicted octanol–water partition coefficient (Wildman–Crippen LogP) is 4.37. The molecular weight excluding hydrogens is 468 g/mol. The maximum atomic E-state index is 12.2. The van der Waals surface area contributed by atoms with Crippen molar-refractivity contribution in [2.45, 2.75) is 20.8 Å². The van der Waals surface area contributed by atoms with Gasteiger partial charge in [0.05, 0.1) is 6.21 Å². The summed E-state index contributed by atoms with van der Waals surface area (Å²) in [5, 5.41) is 9.71. The van der Waals surface area contributed by atoms with Crippen LogP contribution in [0.15, 0.2) is 65.8 Å². The van der Waals surface area contributed by atoms with Gasteiger partial charge in [-0.1, -0.05) is 29.8 Å². The summed E-state index contributed by atoms with van der Waals surface area (Å²) in [5.74, 6) is -1.53. The molecule has 0 aliphatic heterocycles. The van der Waals surface area contributed by atoms with Crippen molar-refractivity contribution in [2.75, 3.05) is 17.2 Å². The molecule has 0 saturated carbocycles. The lowest BCUT2D eigenvalue weighted by Gasteiger charge is -2.10. The Kier molecular flexibility index (Phi) is 8.58. The molecule has 0 radical (unpaired) electrons. The highest BCUT2D eigenvalue weighted by Crippen LogP contribution is 2.23. The fourth-order valence-electron chi connectivity index (χ4n) is 3.01. The average molecular weight is 493 g/mol. The summed E-state index contributed by atoms with van der Waals surface area (Å²) in [7, 11) is 0.